The molecule has 2 aromatic heterocycles. The quantitative estimate of drug-likeness (QED) is 0.179. The average molecular weight is 672 g/mol. The lowest BCUT2D eigenvalue weighted by Gasteiger charge is -2.34. The van der Waals surface area contributed by atoms with Crippen LogP contribution in [0.5, 0.6) is 0 Å². The Hall–Kier alpha value is -6.46. The molecule has 2 aliphatic rings. The van der Waals surface area contributed by atoms with E-state index in [1.165, 1.54) is 55.0 Å². The number of hydrogen-bond acceptors (Lipinski definition) is 3. The molecule has 0 spiro atoms. The second kappa shape index (κ2) is 12.1. The molecular formula is C47H37N5. The summed E-state index contributed by atoms with van der Waals surface area (Å²) in [7, 11) is 2.12. The Morgan fingerprint density at radius 1 is 0.577 bits per heavy atom. The molecule has 250 valence electrons. The molecule has 0 saturated heterocycles. The standard InChI is InChI=1S/C47H37N5/c1-31-14-13-17-35(28-31)45-48-46(32-15-5-3-6-16-32)50(2)47(49-45)52-42-23-12-10-21-38(42)40-30-34(25-27-44(40)52)33-24-26-43-39(29-33)37-20-9-11-22-41(37)51(43)36-18-7-4-8-19-36/h3-27,29-31,47H,28H2,1-2H3. The number of allylic oxidation sites excluding steroid dienone is 3. The van der Waals surface area contributed by atoms with E-state index < -0.39 is 0 Å². The molecule has 52 heavy (non-hydrogen) atoms. The van der Waals surface area contributed by atoms with Gasteiger partial charge in [0.25, 0.3) is 0 Å². The summed E-state index contributed by atoms with van der Waals surface area (Å²) in [6.07, 6.45) is 7.18. The fraction of sp³-hybridized carbons (Fsp3) is 0.106. The first kappa shape index (κ1) is 30.4. The molecule has 5 heteroatoms. The summed E-state index contributed by atoms with van der Waals surface area (Å²) < 4.78 is 4.76. The van der Waals surface area contributed by atoms with Gasteiger partial charge < -0.3 is 14.0 Å². The van der Waals surface area contributed by atoms with E-state index in [2.05, 4.69) is 192 Å². The summed E-state index contributed by atoms with van der Waals surface area (Å²) in [5.74, 6) is 2.17. The zero-order valence-corrected chi connectivity index (χ0v) is 29.2. The maximum absolute atomic E-state index is 5.42. The molecule has 1 aliphatic heterocycles. The topological polar surface area (TPSA) is 37.8 Å². The van der Waals surface area contributed by atoms with E-state index in [4.69, 9.17) is 9.98 Å². The third-order valence-corrected chi connectivity index (χ3v) is 10.7. The van der Waals surface area contributed by atoms with E-state index in [-0.39, 0.29) is 6.29 Å². The van der Waals surface area contributed by atoms with Crippen LogP contribution in [0.15, 0.2) is 179 Å². The molecule has 1 aliphatic carbocycles. The number of nitrogens with zero attached hydrogens (tertiary/aromatic N) is 5. The Labute approximate surface area is 302 Å². The van der Waals surface area contributed by atoms with Gasteiger partial charge in [0.15, 0.2) is 5.84 Å². The van der Waals surface area contributed by atoms with Crippen LogP contribution in [0.25, 0.3) is 60.4 Å². The first-order valence-corrected chi connectivity index (χ1v) is 18.1. The van der Waals surface area contributed by atoms with Crippen molar-refractivity contribution in [1.29, 1.82) is 0 Å². The number of rotatable bonds is 5. The van der Waals surface area contributed by atoms with Gasteiger partial charge in [-0.1, -0.05) is 122 Å². The van der Waals surface area contributed by atoms with Gasteiger partial charge in [-0.15, -0.1) is 0 Å². The molecule has 5 nitrogen and oxygen atoms in total. The van der Waals surface area contributed by atoms with Crippen molar-refractivity contribution >= 4 is 55.3 Å². The monoisotopic (exact) mass is 671 g/mol. The number of aliphatic imine (C=N–C) groups is 2. The molecule has 3 heterocycles. The van der Waals surface area contributed by atoms with Gasteiger partial charge in [0.05, 0.1) is 22.1 Å². The van der Waals surface area contributed by atoms with Crippen molar-refractivity contribution in [3.63, 3.8) is 0 Å². The number of benzene rings is 6. The van der Waals surface area contributed by atoms with Crippen LogP contribution in [0.1, 0.15) is 25.2 Å². The molecule has 6 aromatic carbocycles. The van der Waals surface area contributed by atoms with Gasteiger partial charge >= 0.3 is 0 Å². The summed E-state index contributed by atoms with van der Waals surface area (Å²) in [5.41, 5.74) is 10.5. The van der Waals surface area contributed by atoms with Crippen LogP contribution in [0.4, 0.5) is 0 Å². The molecule has 0 radical (unpaired) electrons. The van der Waals surface area contributed by atoms with Crippen molar-refractivity contribution in [3.05, 3.63) is 175 Å². The van der Waals surface area contributed by atoms with E-state index in [1.54, 1.807) is 0 Å². The van der Waals surface area contributed by atoms with Crippen molar-refractivity contribution < 1.29 is 0 Å². The van der Waals surface area contributed by atoms with Crippen molar-refractivity contribution in [2.45, 2.75) is 19.6 Å². The molecule has 0 bridgehead atoms. The van der Waals surface area contributed by atoms with E-state index in [1.807, 2.05) is 0 Å². The summed E-state index contributed by atoms with van der Waals surface area (Å²) in [4.78, 5) is 12.9. The van der Waals surface area contributed by atoms with E-state index >= 15 is 0 Å². The first-order valence-electron chi connectivity index (χ1n) is 18.1. The van der Waals surface area contributed by atoms with Gasteiger partial charge in [0.1, 0.15) is 5.84 Å². The Balaban J connectivity index is 1.14. The molecule has 2 atom stereocenters. The van der Waals surface area contributed by atoms with Gasteiger partial charge in [0.2, 0.25) is 6.29 Å². The number of para-hydroxylation sites is 3. The number of aromatic nitrogens is 2. The molecule has 0 N–H and O–H groups in total. The number of amidine groups is 2. The average Bonchev–Trinajstić information content (AvgIpc) is 3.71. The van der Waals surface area contributed by atoms with Crippen molar-refractivity contribution in [1.82, 2.24) is 14.0 Å². The molecule has 10 rings (SSSR count). The summed E-state index contributed by atoms with van der Waals surface area (Å²) >= 11 is 0. The highest BCUT2D eigenvalue weighted by Crippen LogP contribution is 2.40. The molecule has 0 saturated carbocycles. The Morgan fingerprint density at radius 2 is 1.15 bits per heavy atom. The smallest absolute Gasteiger partial charge is 0.206 e. The highest BCUT2D eigenvalue weighted by atomic mass is 15.4. The number of fused-ring (bicyclic) bond motifs is 6. The van der Waals surface area contributed by atoms with Crippen LogP contribution in [0, 0.1) is 5.92 Å². The number of hydrogen-bond donors (Lipinski definition) is 0. The lowest BCUT2D eigenvalue weighted by molar-refractivity contribution is 0.297. The largest absolute Gasteiger partial charge is 0.320 e. The second-order valence-electron chi connectivity index (χ2n) is 14.0. The van der Waals surface area contributed by atoms with Crippen molar-refractivity contribution in [2.24, 2.45) is 15.9 Å². The lowest BCUT2D eigenvalue weighted by Crippen LogP contribution is -2.38. The third-order valence-electron chi connectivity index (χ3n) is 10.7. The van der Waals surface area contributed by atoms with Crippen LogP contribution >= 0.6 is 0 Å². The maximum Gasteiger partial charge on any atom is 0.206 e. The summed E-state index contributed by atoms with van der Waals surface area (Å²) in [5, 5.41) is 4.92. The van der Waals surface area contributed by atoms with Crippen LogP contribution in [0.2, 0.25) is 0 Å². The molecule has 2 unspecified atom stereocenters. The molecule has 0 fully saturated rings. The minimum Gasteiger partial charge on any atom is -0.320 e. The van der Waals surface area contributed by atoms with Crippen LogP contribution in [0.3, 0.4) is 0 Å². The zero-order valence-electron chi connectivity index (χ0n) is 29.2. The zero-order chi connectivity index (χ0) is 34.8. The predicted octanol–water partition coefficient (Wildman–Crippen LogP) is 11.3. The van der Waals surface area contributed by atoms with Gasteiger partial charge in [-0.3, -0.25) is 0 Å². The van der Waals surface area contributed by atoms with Crippen molar-refractivity contribution in [3.8, 4) is 16.8 Å². The minimum atomic E-state index is -0.321. The van der Waals surface area contributed by atoms with Crippen molar-refractivity contribution in [2.75, 3.05) is 7.05 Å². The van der Waals surface area contributed by atoms with Crippen LogP contribution < -0.4 is 0 Å². The summed E-state index contributed by atoms with van der Waals surface area (Å²) in [6.45, 7) is 2.25. The SMILES string of the molecule is CC1C=CC=C(C2=NC(n3c4ccccc4c4cc(-c5ccc6c(c5)c5ccccc5n6-c5ccccc5)ccc43)N(C)C(c3ccccc3)=N2)C1. The van der Waals surface area contributed by atoms with Gasteiger partial charge in [-0.05, 0) is 77.6 Å². The highest BCUT2D eigenvalue weighted by molar-refractivity contribution is 6.14. The molecule has 8 aromatic rings. The first-order chi connectivity index (χ1) is 25.6. The Morgan fingerprint density at radius 3 is 1.88 bits per heavy atom. The summed E-state index contributed by atoms with van der Waals surface area (Å²) in [6, 6.07) is 52.4. The van der Waals surface area contributed by atoms with Gasteiger partial charge in [-0.2, -0.15) is 0 Å². The predicted molar refractivity (Wildman–Crippen MR) is 217 cm³/mol. The maximum atomic E-state index is 5.42. The van der Waals surface area contributed by atoms with E-state index in [0.29, 0.717) is 5.92 Å². The minimum absolute atomic E-state index is 0.321. The Bertz CT molecular complexity index is 2800. The van der Waals surface area contributed by atoms with Crippen LogP contribution in [-0.4, -0.2) is 32.8 Å². The lowest BCUT2D eigenvalue weighted by atomic mass is 9.95. The fourth-order valence-electron chi connectivity index (χ4n) is 8.20. The highest BCUT2D eigenvalue weighted by Gasteiger charge is 2.30. The fourth-order valence-corrected chi connectivity index (χ4v) is 8.20. The normalized spacial score (nSPS) is 17.6. The Kier molecular flexibility index (Phi) is 7.07. The molecule has 0 amide bonds. The second-order valence-corrected chi connectivity index (χ2v) is 14.0. The molecular weight excluding hydrogens is 635 g/mol. The van der Waals surface area contributed by atoms with Crippen LogP contribution in [-0.2, 0) is 0 Å². The van der Waals surface area contributed by atoms with E-state index in [9.17, 15) is 0 Å². The third kappa shape index (κ3) is 4.84. The van der Waals surface area contributed by atoms with E-state index in [0.717, 1.165) is 34.7 Å². The van der Waals surface area contributed by atoms with Gasteiger partial charge in [-0.25, -0.2) is 9.98 Å². The van der Waals surface area contributed by atoms with Gasteiger partial charge in [0, 0.05) is 39.8 Å².